The number of anilines is 1. The highest BCUT2D eigenvalue weighted by Crippen LogP contribution is 2.38. The van der Waals surface area contributed by atoms with E-state index in [4.69, 9.17) is 19.5 Å². The van der Waals surface area contributed by atoms with Crippen LogP contribution in [0.15, 0.2) is 65.6 Å². The first-order chi connectivity index (χ1) is 17.9. The molecule has 9 nitrogen and oxygen atoms in total. The average Bonchev–Trinajstić information content (AvgIpc) is 3.31. The van der Waals surface area contributed by atoms with E-state index >= 15 is 0 Å². The minimum absolute atomic E-state index is 0.0326. The van der Waals surface area contributed by atoms with E-state index in [9.17, 15) is 13.2 Å². The lowest BCUT2D eigenvalue weighted by atomic mass is 10.1. The Morgan fingerprint density at radius 1 is 1.11 bits per heavy atom. The zero-order valence-electron chi connectivity index (χ0n) is 19.6. The van der Waals surface area contributed by atoms with Crippen molar-refractivity contribution in [2.45, 2.75) is 17.9 Å². The molecular weight excluding hydrogens is 514 g/mol. The molecule has 0 radical (unpaired) electrons. The van der Waals surface area contributed by atoms with E-state index in [1.807, 2.05) is 12.1 Å². The van der Waals surface area contributed by atoms with Crippen LogP contribution >= 0.6 is 11.3 Å². The van der Waals surface area contributed by atoms with Crippen LogP contribution < -0.4 is 19.5 Å². The number of fused-ring (bicyclic) bond motifs is 2. The molecule has 3 aromatic carbocycles. The minimum atomic E-state index is -3.40. The van der Waals surface area contributed by atoms with E-state index in [1.54, 1.807) is 49.4 Å². The summed E-state index contributed by atoms with van der Waals surface area (Å²) < 4.78 is 42.5. The van der Waals surface area contributed by atoms with Crippen molar-refractivity contribution in [3.63, 3.8) is 0 Å². The molecule has 1 amide bonds. The Balaban J connectivity index is 1.44. The second-order valence-corrected chi connectivity index (χ2v) is 11.4. The van der Waals surface area contributed by atoms with Gasteiger partial charge in [0, 0.05) is 17.7 Å². The molecule has 1 N–H and O–H groups in total. The van der Waals surface area contributed by atoms with Crippen LogP contribution in [-0.4, -0.2) is 38.3 Å². The Morgan fingerprint density at radius 3 is 2.43 bits per heavy atom. The van der Waals surface area contributed by atoms with Gasteiger partial charge in [0.25, 0.3) is 5.91 Å². The van der Waals surface area contributed by atoms with Crippen LogP contribution in [0.4, 0.5) is 5.13 Å². The van der Waals surface area contributed by atoms with Gasteiger partial charge in [0.2, 0.25) is 6.10 Å². The van der Waals surface area contributed by atoms with Gasteiger partial charge >= 0.3 is 0 Å². The monoisotopic (exact) mass is 535 g/mol. The van der Waals surface area contributed by atoms with Gasteiger partial charge in [0.15, 0.2) is 26.5 Å². The number of rotatable bonds is 7. The van der Waals surface area contributed by atoms with Gasteiger partial charge in [-0.1, -0.05) is 30.4 Å². The Labute approximate surface area is 217 Å². The van der Waals surface area contributed by atoms with Crippen molar-refractivity contribution in [1.29, 1.82) is 5.26 Å². The van der Waals surface area contributed by atoms with Crippen LogP contribution in [0.25, 0.3) is 10.2 Å². The van der Waals surface area contributed by atoms with Gasteiger partial charge in [0.05, 0.1) is 32.5 Å². The van der Waals surface area contributed by atoms with Crippen LogP contribution in [0, 0.1) is 11.3 Å². The highest BCUT2D eigenvalue weighted by atomic mass is 32.2. The molecule has 0 fully saturated rings. The van der Waals surface area contributed by atoms with Crippen molar-refractivity contribution in [2.75, 3.05) is 24.3 Å². The number of nitriles is 1. The first kappa shape index (κ1) is 24.5. The molecular formula is C26H21N3O6S2. The summed E-state index contributed by atoms with van der Waals surface area (Å²) in [4.78, 5) is 18.1. The number of ether oxygens (including phenoxy) is 3. The fourth-order valence-electron chi connectivity index (χ4n) is 3.72. The molecule has 1 aromatic heterocycles. The number of aromatic nitrogens is 1. The van der Waals surface area contributed by atoms with Gasteiger partial charge in [-0.2, -0.15) is 5.26 Å². The van der Waals surface area contributed by atoms with E-state index in [-0.39, 0.29) is 10.6 Å². The zero-order valence-corrected chi connectivity index (χ0v) is 21.3. The Bertz CT molecular complexity index is 1560. The van der Waals surface area contributed by atoms with Crippen molar-refractivity contribution in [2.24, 2.45) is 0 Å². The summed E-state index contributed by atoms with van der Waals surface area (Å²) >= 11 is 1.28. The highest BCUT2D eigenvalue weighted by molar-refractivity contribution is 7.91. The largest absolute Gasteiger partial charge is 0.486 e. The Morgan fingerprint density at radius 2 is 1.78 bits per heavy atom. The summed E-state index contributed by atoms with van der Waals surface area (Å²) in [5, 5.41) is 12.2. The Hall–Kier alpha value is -4.14. The normalized spacial score (nSPS) is 13.5. The number of amides is 1. The third-order valence-corrected chi connectivity index (χ3v) is 8.36. The molecule has 2 heterocycles. The van der Waals surface area contributed by atoms with Gasteiger partial charge < -0.3 is 14.2 Å². The Kier molecular flexibility index (Phi) is 6.69. The van der Waals surface area contributed by atoms with Gasteiger partial charge in [0.1, 0.15) is 19.0 Å². The molecule has 1 unspecified atom stereocenters. The topological polar surface area (TPSA) is 128 Å². The van der Waals surface area contributed by atoms with Crippen molar-refractivity contribution in [1.82, 2.24) is 4.98 Å². The maximum Gasteiger partial charge on any atom is 0.271 e. The quantitative estimate of drug-likeness (QED) is 0.367. The summed E-state index contributed by atoms with van der Waals surface area (Å²) in [5.41, 5.74) is 1.56. The molecule has 0 spiro atoms. The summed E-state index contributed by atoms with van der Waals surface area (Å²) in [6.07, 6.45) is -1.11. The van der Waals surface area contributed by atoms with Crippen LogP contribution in [0.3, 0.4) is 0 Å². The maximum absolute atomic E-state index is 13.4. The first-order valence-electron chi connectivity index (χ1n) is 11.4. The average molecular weight is 536 g/mol. The molecule has 5 rings (SSSR count). The second-order valence-electron chi connectivity index (χ2n) is 8.08. The first-order valence-corrected chi connectivity index (χ1v) is 13.8. The van der Waals surface area contributed by atoms with Crippen molar-refractivity contribution in [3.05, 3.63) is 71.8 Å². The van der Waals surface area contributed by atoms with Gasteiger partial charge in [-0.15, -0.1) is 0 Å². The zero-order chi connectivity index (χ0) is 26.0. The number of carbonyl (C=O) groups is 1. The predicted molar refractivity (Wildman–Crippen MR) is 138 cm³/mol. The SMILES string of the molecule is CCS(=O)(=O)c1ccc(C(Oc2ccc(C#N)cc2)C(=O)Nc2nc3cc4c(cc3s2)OCCO4)cc1. The van der Waals surface area contributed by atoms with E-state index < -0.39 is 21.8 Å². The van der Waals surface area contributed by atoms with Crippen molar-refractivity contribution in [3.8, 4) is 23.3 Å². The number of benzene rings is 3. The fraction of sp³-hybridized carbons (Fsp3) is 0.192. The molecule has 1 aliphatic rings. The lowest BCUT2D eigenvalue weighted by Gasteiger charge is -2.19. The molecule has 0 aliphatic carbocycles. The number of sulfone groups is 1. The van der Waals surface area contributed by atoms with E-state index in [0.717, 1.165) is 4.70 Å². The number of nitrogens with zero attached hydrogens (tertiary/aromatic N) is 2. The molecule has 188 valence electrons. The van der Waals surface area contributed by atoms with Crippen LogP contribution in [0.2, 0.25) is 0 Å². The third-order valence-electron chi connectivity index (χ3n) is 5.68. The third kappa shape index (κ3) is 5.21. The molecule has 0 bridgehead atoms. The lowest BCUT2D eigenvalue weighted by molar-refractivity contribution is -0.123. The second kappa shape index (κ2) is 10.1. The standard InChI is InChI=1S/C26H21N3O6S2/c1-2-37(31,32)19-9-5-17(6-10-19)24(35-18-7-3-16(15-27)4-8-18)25(30)29-26-28-20-13-21-22(14-23(20)36-26)34-12-11-33-21/h3-10,13-14,24H,2,11-12H2,1H3,(H,28,29,30). The smallest absolute Gasteiger partial charge is 0.271 e. The number of nitrogens with one attached hydrogen (secondary N) is 1. The molecule has 1 atom stereocenters. The van der Waals surface area contributed by atoms with Gasteiger partial charge in [-0.25, -0.2) is 13.4 Å². The van der Waals surface area contributed by atoms with Crippen molar-refractivity contribution < 1.29 is 27.4 Å². The fourth-order valence-corrected chi connectivity index (χ4v) is 5.49. The van der Waals surface area contributed by atoms with E-state index in [2.05, 4.69) is 10.3 Å². The van der Waals surface area contributed by atoms with E-state index in [0.29, 0.717) is 52.2 Å². The molecule has 37 heavy (non-hydrogen) atoms. The molecule has 1 aliphatic heterocycles. The minimum Gasteiger partial charge on any atom is -0.486 e. The predicted octanol–water partition coefficient (Wildman–Crippen LogP) is 4.49. The van der Waals surface area contributed by atoms with Crippen LogP contribution in [-0.2, 0) is 14.6 Å². The highest BCUT2D eigenvalue weighted by Gasteiger charge is 2.25. The number of hydrogen-bond acceptors (Lipinski definition) is 9. The van der Waals surface area contributed by atoms with Crippen molar-refractivity contribution >= 4 is 42.4 Å². The number of carbonyl (C=O) groups excluding carboxylic acids is 1. The number of thiazole rings is 1. The molecule has 0 saturated heterocycles. The summed E-state index contributed by atoms with van der Waals surface area (Å²) in [7, 11) is -3.40. The summed E-state index contributed by atoms with van der Waals surface area (Å²) in [6, 6.07) is 18.0. The van der Waals surface area contributed by atoms with Crippen LogP contribution in [0.5, 0.6) is 17.2 Å². The maximum atomic E-state index is 13.4. The lowest BCUT2D eigenvalue weighted by Crippen LogP contribution is -2.25. The number of hydrogen-bond donors (Lipinski definition) is 1. The summed E-state index contributed by atoms with van der Waals surface area (Å²) in [5.74, 6) is 1.08. The van der Waals surface area contributed by atoms with Crippen LogP contribution in [0.1, 0.15) is 24.2 Å². The summed E-state index contributed by atoms with van der Waals surface area (Å²) in [6.45, 7) is 2.49. The molecule has 11 heteroatoms. The molecule has 4 aromatic rings. The van der Waals surface area contributed by atoms with Gasteiger partial charge in [-0.05, 0) is 36.4 Å². The van der Waals surface area contributed by atoms with Gasteiger partial charge in [-0.3, -0.25) is 10.1 Å². The molecule has 0 saturated carbocycles. The van der Waals surface area contributed by atoms with E-state index in [1.165, 1.54) is 23.5 Å².